The number of fused-ring (bicyclic) bond motifs is 3. The summed E-state index contributed by atoms with van der Waals surface area (Å²) in [6.07, 6.45) is 6.43. The summed E-state index contributed by atoms with van der Waals surface area (Å²) in [5.74, 6) is 0.595. The maximum absolute atomic E-state index is 12.4. The van der Waals surface area contributed by atoms with Gasteiger partial charge in [-0.05, 0) is 38.0 Å². The molecule has 17 heavy (non-hydrogen) atoms. The van der Waals surface area contributed by atoms with E-state index < -0.39 is 0 Å². The lowest BCUT2D eigenvalue weighted by atomic mass is 9.85. The Bertz CT molecular complexity index is 575. The van der Waals surface area contributed by atoms with E-state index in [-0.39, 0.29) is 11.8 Å². The first kappa shape index (κ1) is 10.5. The maximum Gasteiger partial charge on any atom is 0.170 e. The molecule has 2 atom stereocenters. The minimum Gasteiger partial charge on any atom is -0.293 e. The van der Waals surface area contributed by atoms with Crippen molar-refractivity contribution in [3.63, 3.8) is 0 Å². The lowest BCUT2D eigenvalue weighted by Gasteiger charge is -2.18. The number of ketones is 1. The highest BCUT2D eigenvalue weighted by Gasteiger charge is 2.39. The Balaban J connectivity index is 2.23. The van der Waals surface area contributed by atoms with Gasteiger partial charge in [-0.3, -0.25) is 4.79 Å². The Morgan fingerprint density at radius 1 is 1.06 bits per heavy atom. The molecule has 0 radical (unpaired) electrons. The monoisotopic (exact) mass is 224 g/mol. The molecule has 2 aliphatic carbocycles. The first-order chi connectivity index (χ1) is 8.08. The van der Waals surface area contributed by atoms with Gasteiger partial charge >= 0.3 is 0 Å². The summed E-state index contributed by atoms with van der Waals surface area (Å²) < 4.78 is 0. The first-order valence-electron chi connectivity index (χ1n) is 6.10. The average molecular weight is 224 g/mol. The second-order valence-corrected chi connectivity index (χ2v) is 5.23. The number of benzene rings is 1. The van der Waals surface area contributed by atoms with Gasteiger partial charge < -0.3 is 0 Å². The zero-order valence-corrected chi connectivity index (χ0v) is 10.4. The lowest BCUT2D eigenvalue weighted by Crippen LogP contribution is -2.12. The number of carbonyl (C=O) groups excluding carboxylic acids is 1. The van der Waals surface area contributed by atoms with Crippen molar-refractivity contribution in [3.8, 4) is 0 Å². The van der Waals surface area contributed by atoms with Crippen LogP contribution in [0.25, 0.3) is 0 Å². The molecule has 86 valence electrons. The molecule has 0 saturated heterocycles. The zero-order valence-electron chi connectivity index (χ0n) is 10.4. The number of hydrogen-bond donors (Lipinski definition) is 0. The van der Waals surface area contributed by atoms with E-state index >= 15 is 0 Å². The van der Waals surface area contributed by atoms with Crippen LogP contribution in [-0.2, 0) is 0 Å². The van der Waals surface area contributed by atoms with Crippen molar-refractivity contribution in [3.05, 3.63) is 58.2 Å². The van der Waals surface area contributed by atoms with Crippen LogP contribution in [0.15, 0.2) is 35.9 Å². The third-order valence-electron chi connectivity index (χ3n) is 3.83. The van der Waals surface area contributed by atoms with Crippen molar-refractivity contribution in [1.82, 2.24) is 0 Å². The molecular weight excluding hydrogens is 208 g/mol. The number of Topliss-reactive ketones (excluding diaryl/α,β-unsaturated/α-hetero) is 1. The Morgan fingerprint density at radius 3 is 2.59 bits per heavy atom. The molecule has 0 spiro atoms. The van der Waals surface area contributed by atoms with Gasteiger partial charge in [-0.1, -0.05) is 35.4 Å². The van der Waals surface area contributed by atoms with Crippen LogP contribution in [0.2, 0.25) is 0 Å². The number of carbonyl (C=O) groups is 1. The van der Waals surface area contributed by atoms with Crippen LogP contribution in [0.5, 0.6) is 0 Å². The summed E-state index contributed by atoms with van der Waals surface area (Å²) in [7, 11) is 0. The molecular formula is C16H16O. The molecule has 1 aromatic carbocycles. The fourth-order valence-corrected chi connectivity index (χ4v) is 3.14. The van der Waals surface area contributed by atoms with Crippen LogP contribution >= 0.6 is 0 Å². The summed E-state index contributed by atoms with van der Waals surface area (Å²) >= 11 is 0. The summed E-state index contributed by atoms with van der Waals surface area (Å²) in [5.41, 5.74) is 5.80. The second-order valence-electron chi connectivity index (χ2n) is 5.23. The number of allylic oxidation sites excluding steroid dienone is 4. The molecule has 0 aromatic heterocycles. The molecule has 0 amide bonds. The Hall–Kier alpha value is -1.63. The lowest BCUT2D eigenvalue weighted by molar-refractivity contribution is 0.0954. The van der Waals surface area contributed by atoms with Gasteiger partial charge in [-0.25, -0.2) is 0 Å². The fraction of sp³-hybridized carbons (Fsp3) is 0.312. The normalized spacial score (nSPS) is 25.6. The van der Waals surface area contributed by atoms with E-state index in [2.05, 4.69) is 45.1 Å². The van der Waals surface area contributed by atoms with Crippen LogP contribution in [0.3, 0.4) is 0 Å². The zero-order chi connectivity index (χ0) is 12.2. The molecule has 0 bridgehead atoms. The van der Waals surface area contributed by atoms with Crippen molar-refractivity contribution in [2.24, 2.45) is 5.92 Å². The topological polar surface area (TPSA) is 17.1 Å². The SMILES string of the molecule is CC1=CC2C(=O)c3cc(C)cc(C)c3C2C=C1. The molecule has 0 N–H and O–H groups in total. The van der Waals surface area contributed by atoms with Crippen molar-refractivity contribution in [1.29, 1.82) is 0 Å². The Kier molecular flexibility index (Phi) is 2.12. The summed E-state index contributed by atoms with van der Waals surface area (Å²) in [6.45, 7) is 6.22. The second kappa shape index (κ2) is 3.43. The third-order valence-corrected chi connectivity index (χ3v) is 3.83. The van der Waals surface area contributed by atoms with Gasteiger partial charge in [-0.15, -0.1) is 0 Å². The smallest absolute Gasteiger partial charge is 0.170 e. The third kappa shape index (κ3) is 1.42. The molecule has 2 unspecified atom stereocenters. The van der Waals surface area contributed by atoms with E-state index in [1.54, 1.807) is 0 Å². The molecule has 0 fully saturated rings. The molecule has 0 saturated carbocycles. The fourth-order valence-electron chi connectivity index (χ4n) is 3.14. The van der Waals surface area contributed by atoms with Crippen LogP contribution in [-0.4, -0.2) is 5.78 Å². The Morgan fingerprint density at radius 2 is 1.82 bits per heavy atom. The molecule has 0 aliphatic heterocycles. The van der Waals surface area contributed by atoms with E-state index in [0.717, 1.165) is 5.56 Å². The van der Waals surface area contributed by atoms with Gasteiger partial charge in [0.15, 0.2) is 5.78 Å². The van der Waals surface area contributed by atoms with E-state index in [4.69, 9.17) is 0 Å². The molecule has 3 rings (SSSR count). The van der Waals surface area contributed by atoms with Crippen LogP contribution in [0.1, 0.15) is 39.9 Å². The predicted molar refractivity (Wildman–Crippen MR) is 69.4 cm³/mol. The summed E-state index contributed by atoms with van der Waals surface area (Å²) in [4.78, 5) is 12.4. The quantitative estimate of drug-likeness (QED) is 0.656. The largest absolute Gasteiger partial charge is 0.293 e. The van der Waals surface area contributed by atoms with E-state index in [1.165, 1.54) is 22.3 Å². The maximum atomic E-state index is 12.4. The predicted octanol–water partition coefficient (Wildman–Crippen LogP) is 3.72. The standard InChI is InChI=1S/C16H16O/c1-9-4-5-12-13(7-9)16(17)14-8-10(2)6-11(3)15(12)14/h4-8,12-13H,1-3H3. The molecule has 1 heteroatoms. The minimum atomic E-state index is 0.0375. The van der Waals surface area contributed by atoms with Crippen LogP contribution in [0, 0.1) is 19.8 Å². The molecule has 2 aliphatic rings. The van der Waals surface area contributed by atoms with Gasteiger partial charge in [0.1, 0.15) is 0 Å². The van der Waals surface area contributed by atoms with E-state index in [9.17, 15) is 4.79 Å². The number of hydrogen-bond acceptors (Lipinski definition) is 1. The van der Waals surface area contributed by atoms with E-state index in [0.29, 0.717) is 5.78 Å². The number of aryl methyl sites for hydroxylation is 2. The van der Waals surface area contributed by atoms with Crippen LogP contribution in [0.4, 0.5) is 0 Å². The van der Waals surface area contributed by atoms with Crippen LogP contribution < -0.4 is 0 Å². The highest BCUT2D eigenvalue weighted by atomic mass is 16.1. The minimum absolute atomic E-state index is 0.0375. The van der Waals surface area contributed by atoms with Gasteiger partial charge in [0.05, 0.1) is 5.92 Å². The van der Waals surface area contributed by atoms with Gasteiger partial charge in [0.2, 0.25) is 0 Å². The van der Waals surface area contributed by atoms with Gasteiger partial charge in [-0.2, -0.15) is 0 Å². The average Bonchev–Trinajstić information content (AvgIpc) is 2.53. The van der Waals surface area contributed by atoms with E-state index in [1.807, 2.05) is 6.07 Å². The Labute approximate surface area is 102 Å². The molecule has 0 heterocycles. The molecule has 1 aromatic rings. The van der Waals surface area contributed by atoms with Gasteiger partial charge in [0.25, 0.3) is 0 Å². The summed E-state index contributed by atoms with van der Waals surface area (Å²) in [5, 5.41) is 0. The molecule has 1 nitrogen and oxygen atoms in total. The first-order valence-corrected chi connectivity index (χ1v) is 6.10. The highest BCUT2D eigenvalue weighted by molar-refractivity contribution is 6.05. The highest BCUT2D eigenvalue weighted by Crippen LogP contribution is 2.44. The van der Waals surface area contributed by atoms with Gasteiger partial charge in [0, 0.05) is 11.5 Å². The summed E-state index contributed by atoms with van der Waals surface area (Å²) in [6, 6.07) is 4.22. The van der Waals surface area contributed by atoms with Crippen molar-refractivity contribution < 1.29 is 4.79 Å². The number of rotatable bonds is 0. The van der Waals surface area contributed by atoms with Crippen molar-refractivity contribution in [2.75, 3.05) is 0 Å². The van der Waals surface area contributed by atoms with Crippen molar-refractivity contribution in [2.45, 2.75) is 26.7 Å². The van der Waals surface area contributed by atoms with Crippen molar-refractivity contribution >= 4 is 5.78 Å².